The van der Waals surface area contributed by atoms with Crippen LogP contribution in [0.5, 0.6) is 5.75 Å². The number of rotatable bonds is 8. The van der Waals surface area contributed by atoms with Crippen LogP contribution in [0.4, 0.5) is 10.7 Å². The minimum absolute atomic E-state index is 0.183. The molecule has 0 fully saturated rings. The third-order valence-corrected chi connectivity index (χ3v) is 6.41. The average Bonchev–Trinajstić information content (AvgIpc) is 3.35. The Morgan fingerprint density at radius 2 is 1.90 bits per heavy atom. The Kier molecular flexibility index (Phi) is 7.43. The normalized spacial score (nSPS) is 10.4. The van der Waals surface area contributed by atoms with E-state index in [9.17, 15) is 14.4 Å². The quantitative estimate of drug-likeness (QED) is 0.476. The molecule has 0 aliphatic rings. The molecular weight excluding hydrogens is 436 g/mol. The molecule has 0 unspecified atom stereocenters. The van der Waals surface area contributed by atoms with Crippen LogP contribution in [0.3, 0.4) is 0 Å². The summed E-state index contributed by atoms with van der Waals surface area (Å²) in [6.45, 7) is 3.55. The van der Waals surface area contributed by atoms with Gasteiger partial charge in [-0.25, -0.2) is 4.79 Å². The fourth-order valence-corrected chi connectivity index (χ4v) is 4.71. The molecular formula is C22H22N2O5S2. The number of ether oxygens (including phenoxy) is 2. The first-order valence-corrected chi connectivity index (χ1v) is 11.2. The molecule has 2 heterocycles. The van der Waals surface area contributed by atoms with Crippen molar-refractivity contribution in [2.24, 2.45) is 0 Å². The molecule has 7 nitrogen and oxygen atoms in total. The molecule has 2 amide bonds. The van der Waals surface area contributed by atoms with Crippen molar-refractivity contribution in [3.8, 4) is 5.75 Å². The predicted octanol–water partition coefficient (Wildman–Crippen LogP) is 4.74. The van der Waals surface area contributed by atoms with Crippen LogP contribution in [-0.2, 0) is 16.0 Å². The van der Waals surface area contributed by atoms with E-state index < -0.39 is 5.97 Å². The van der Waals surface area contributed by atoms with Crippen molar-refractivity contribution in [2.75, 3.05) is 24.4 Å². The van der Waals surface area contributed by atoms with E-state index in [2.05, 4.69) is 10.6 Å². The molecule has 31 heavy (non-hydrogen) atoms. The summed E-state index contributed by atoms with van der Waals surface area (Å²) in [6, 6.07) is 10.7. The number of hydrogen-bond acceptors (Lipinski definition) is 7. The van der Waals surface area contributed by atoms with E-state index in [1.54, 1.807) is 45.2 Å². The van der Waals surface area contributed by atoms with Crippen LogP contribution in [0.15, 0.2) is 41.8 Å². The van der Waals surface area contributed by atoms with Crippen molar-refractivity contribution in [3.63, 3.8) is 0 Å². The van der Waals surface area contributed by atoms with Gasteiger partial charge in [0, 0.05) is 16.6 Å². The Bertz CT molecular complexity index is 1090. The molecule has 0 saturated carbocycles. The number of esters is 1. The van der Waals surface area contributed by atoms with Crippen molar-refractivity contribution in [1.29, 1.82) is 0 Å². The monoisotopic (exact) mass is 458 g/mol. The second-order valence-electron chi connectivity index (χ2n) is 6.47. The number of thiophene rings is 2. The fourth-order valence-electron chi connectivity index (χ4n) is 2.90. The van der Waals surface area contributed by atoms with Gasteiger partial charge >= 0.3 is 5.97 Å². The molecule has 0 radical (unpaired) electrons. The molecule has 9 heteroatoms. The molecule has 0 aliphatic heterocycles. The average molecular weight is 459 g/mol. The summed E-state index contributed by atoms with van der Waals surface area (Å²) in [7, 11) is 1.54. The molecule has 3 aromatic rings. The molecule has 3 rings (SSSR count). The zero-order valence-electron chi connectivity index (χ0n) is 17.3. The first-order chi connectivity index (χ1) is 14.9. The number of amides is 2. The van der Waals surface area contributed by atoms with Gasteiger partial charge in [-0.15, -0.1) is 22.7 Å². The number of methoxy groups -OCH3 is 1. The minimum atomic E-state index is -0.580. The zero-order valence-corrected chi connectivity index (χ0v) is 18.9. The van der Waals surface area contributed by atoms with Gasteiger partial charge in [0.15, 0.2) is 0 Å². The van der Waals surface area contributed by atoms with Gasteiger partial charge in [0.2, 0.25) is 5.91 Å². The first-order valence-electron chi connectivity index (χ1n) is 9.51. The highest BCUT2D eigenvalue weighted by atomic mass is 32.1. The third kappa shape index (κ3) is 5.50. The Morgan fingerprint density at radius 1 is 1.10 bits per heavy atom. The van der Waals surface area contributed by atoms with E-state index in [0.29, 0.717) is 26.9 Å². The van der Waals surface area contributed by atoms with Crippen LogP contribution in [0.1, 0.15) is 37.4 Å². The minimum Gasteiger partial charge on any atom is -0.497 e. The van der Waals surface area contributed by atoms with Gasteiger partial charge in [0.1, 0.15) is 10.8 Å². The van der Waals surface area contributed by atoms with Gasteiger partial charge in [-0.3, -0.25) is 9.59 Å². The SMILES string of the molecule is CCOC(=O)c1c(NC(=O)Cc2cccs2)sc(C(=O)Nc2cccc(OC)c2)c1C. The highest BCUT2D eigenvalue weighted by Crippen LogP contribution is 2.34. The Balaban J connectivity index is 1.87. The smallest absolute Gasteiger partial charge is 0.341 e. The third-order valence-electron chi connectivity index (χ3n) is 4.33. The fraction of sp³-hybridized carbons (Fsp3) is 0.227. The maximum absolute atomic E-state index is 12.9. The molecule has 0 aliphatic carbocycles. The van der Waals surface area contributed by atoms with Gasteiger partial charge in [-0.1, -0.05) is 12.1 Å². The van der Waals surface area contributed by atoms with E-state index in [1.807, 2.05) is 17.5 Å². The van der Waals surface area contributed by atoms with E-state index >= 15 is 0 Å². The standard InChI is InChI=1S/C22H22N2O5S2/c1-4-29-22(27)18-13(2)19(20(26)23-14-7-5-8-15(11-14)28-3)31-21(18)24-17(25)12-16-9-6-10-30-16/h5-11H,4,12H2,1-3H3,(H,23,26)(H,24,25). The predicted molar refractivity (Wildman–Crippen MR) is 123 cm³/mol. The number of hydrogen-bond donors (Lipinski definition) is 2. The molecule has 0 spiro atoms. The molecule has 0 bridgehead atoms. The van der Waals surface area contributed by atoms with Crippen LogP contribution in [-0.4, -0.2) is 31.5 Å². The lowest BCUT2D eigenvalue weighted by molar-refractivity contribution is -0.115. The second-order valence-corrected chi connectivity index (χ2v) is 8.52. The maximum Gasteiger partial charge on any atom is 0.341 e. The summed E-state index contributed by atoms with van der Waals surface area (Å²) in [6.07, 6.45) is 0.183. The highest BCUT2D eigenvalue weighted by molar-refractivity contribution is 7.19. The van der Waals surface area contributed by atoms with E-state index in [0.717, 1.165) is 16.2 Å². The van der Waals surface area contributed by atoms with E-state index in [-0.39, 0.29) is 30.4 Å². The molecule has 0 saturated heterocycles. The first kappa shape index (κ1) is 22.5. The molecule has 1 aromatic carbocycles. The van der Waals surface area contributed by atoms with Crippen LogP contribution < -0.4 is 15.4 Å². The Morgan fingerprint density at radius 3 is 2.58 bits per heavy atom. The molecule has 162 valence electrons. The van der Waals surface area contributed by atoms with Crippen LogP contribution >= 0.6 is 22.7 Å². The molecule has 2 N–H and O–H groups in total. The Hall–Kier alpha value is -3.17. The summed E-state index contributed by atoms with van der Waals surface area (Å²) < 4.78 is 10.3. The summed E-state index contributed by atoms with van der Waals surface area (Å²) in [4.78, 5) is 39.2. The topological polar surface area (TPSA) is 93.7 Å². The van der Waals surface area contributed by atoms with Crippen molar-refractivity contribution in [2.45, 2.75) is 20.3 Å². The number of carbonyl (C=O) groups excluding carboxylic acids is 3. The zero-order chi connectivity index (χ0) is 22.4. The lowest BCUT2D eigenvalue weighted by Gasteiger charge is -2.07. The van der Waals surface area contributed by atoms with Crippen molar-refractivity contribution in [3.05, 3.63) is 62.7 Å². The van der Waals surface area contributed by atoms with Gasteiger partial charge in [0.25, 0.3) is 5.91 Å². The number of benzene rings is 1. The Labute approximate surface area is 188 Å². The number of nitrogens with one attached hydrogen (secondary N) is 2. The van der Waals surface area contributed by atoms with Gasteiger partial charge in [-0.05, 0) is 43.0 Å². The summed E-state index contributed by atoms with van der Waals surface area (Å²) >= 11 is 2.52. The van der Waals surface area contributed by atoms with E-state index in [4.69, 9.17) is 9.47 Å². The highest BCUT2D eigenvalue weighted by Gasteiger charge is 2.27. The maximum atomic E-state index is 12.9. The van der Waals surface area contributed by atoms with Crippen molar-refractivity contribution < 1.29 is 23.9 Å². The number of carbonyl (C=O) groups is 3. The van der Waals surface area contributed by atoms with Gasteiger partial charge in [0.05, 0.1) is 30.6 Å². The van der Waals surface area contributed by atoms with Gasteiger partial charge < -0.3 is 20.1 Å². The molecule has 2 aromatic heterocycles. The van der Waals surface area contributed by atoms with Crippen LogP contribution in [0.2, 0.25) is 0 Å². The second kappa shape index (κ2) is 10.2. The number of anilines is 2. The van der Waals surface area contributed by atoms with Crippen LogP contribution in [0, 0.1) is 6.92 Å². The summed E-state index contributed by atoms with van der Waals surface area (Å²) in [5, 5.41) is 7.77. The van der Waals surface area contributed by atoms with Crippen LogP contribution in [0.25, 0.3) is 0 Å². The van der Waals surface area contributed by atoms with E-state index in [1.165, 1.54) is 11.3 Å². The van der Waals surface area contributed by atoms with Crippen molar-refractivity contribution >= 4 is 51.1 Å². The summed E-state index contributed by atoms with van der Waals surface area (Å²) in [5.74, 6) is -0.633. The molecule has 0 atom stereocenters. The lowest BCUT2D eigenvalue weighted by atomic mass is 10.1. The largest absolute Gasteiger partial charge is 0.497 e. The summed E-state index contributed by atoms with van der Waals surface area (Å²) in [5.41, 5.74) is 1.20. The van der Waals surface area contributed by atoms with Gasteiger partial charge in [-0.2, -0.15) is 0 Å². The van der Waals surface area contributed by atoms with Crippen molar-refractivity contribution in [1.82, 2.24) is 0 Å². The lowest BCUT2D eigenvalue weighted by Crippen LogP contribution is -2.16.